The van der Waals surface area contributed by atoms with Crippen LogP contribution in [0, 0.1) is 23.7 Å². The minimum Gasteiger partial charge on any atom is -0.505 e. The number of carbonyl (C=O) groups is 5. The zero-order valence-corrected chi connectivity index (χ0v) is 22.7. The second-order valence-electron chi connectivity index (χ2n) is 11.4. The number of fused-ring (bicyclic) bond motifs is 3. The number of nitrogens with two attached hydrogens (primary N) is 2. The van der Waals surface area contributed by atoms with Gasteiger partial charge in [0.05, 0.1) is 23.2 Å². The molecule has 1 amide bonds. The summed E-state index contributed by atoms with van der Waals surface area (Å²) in [5.41, 5.74) is 11.3. The summed E-state index contributed by atoms with van der Waals surface area (Å²) in [7, 11) is 6.90. The lowest BCUT2D eigenvalue weighted by Gasteiger charge is -2.52. The van der Waals surface area contributed by atoms with Crippen molar-refractivity contribution in [2.45, 2.75) is 24.5 Å². The van der Waals surface area contributed by atoms with Gasteiger partial charge in [0.15, 0.2) is 34.7 Å². The van der Waals surface area contributed by atoms with Crippen LogP contribution in [0.3, 0.4) is 0 Å². The number of aliphatic hydroxyl groups is 1. The largest absolute Gasteiger partial charge is 0.505 e. The van der Waals surface area contributed by atoms with E-state index in [-0.39, 0.29) is 24.1 Å². The molecular formula is C29H32N4O7. The van der Waals surface area contributed by atoms with Gasteiger partial charge in [0.25, 0.3) is 0 Å². The maximum atomic E-state index is 14.0. The molecule has 0 aromatic heterocycles. The molecule has 2 aromatic rings. The number of hydrogen-bond acceptors (Lipinski definition) is 10. The van der Waals surface area contributed by atoms with Crippen LogP contribution < -0.4 is 16.4 Å². The van der Waals surface area contributed by atoms with Crippen LogP contribution in [0.5, 0.6) is 5.75 Å². The number of amides is 1. The average Bonchev–Trinajstić information content (AvgIpc) is 2.88. The van der Waals surface area contributed by atoms with Gasteiger partial charge in [-0.15, -0.1) is 0 Å². The lowest BCUT2D eigenvalue weighted by molar-refractivity contribution is -0.181. The number of rotatable bonds is 4. The molecule has 0 spiro atoms. The fourth-order valence-electron chi connectivity index (χ4n) is 6.89. The highest BCUT2D eigenvalue weighted by Crippen LogP contribution is 2.52. The highest BCUT2D eigenvalue weighted by Gasteiger charge is 2.69. The second-order valence-corrected chi connectivity index (χ2v) is 11.4. The van der Waals surface area contributed by atoms with E-state index in [0.717, 1.165) is 11.3 Å². The zero-order chi connectivity index (χ0) is 29.4. The Balaban J connectivity index is 1.66. The highest BCUT2D eigenvalue weighted by atomic mass is 16.3. The number of carbonyl (C=O) groups excluding carboxylic acids is 5. The summed E-state index contributed by atoms with van der Waals surface area (Å²) in [5, 5.41) is 22.6. The third kappa shape index (κ3) is 3.68. The summed E-state index contributed by atoms with van der Waals surface area (Å²) in [6, 6.07) is 7.97. The van der Waals surface area contributed by atoms with Gasteiger partial charge >= 0.3 is 0 Å². The van der Waals surface area contributed by atoms with Crippen LogP contribution in [0.2, 0.25) is 0 Å². The van der Waals surface area contributed by atoms with Crippen molar-refractivity contribution in [3.63, 3.8) is 0 Å². The summed E-state index contributed by atoms with van der Waals surface area (Å²) >= 11 is 0. The highest BCUT2D eigenvalue weighted by molar-refractivity contribution is 6.32. The third-order valence-electron chi connectivity index (χ3n) is 8.79. The van der Waals surface area contributed by atoms with Crippen molar-refractivity contribution in [2.75, 3.05) is 38.8 Å². The fourth-order valence-corrected chi connectivity index (χ4v) is 6.89. The number of hydrogen-bond donors (Lipinski definition) is 4. The quantitative estimate of drug-likeness (QED) is 0.233. The monoisotopic (exact) mass is 548 g/mol. The molecule has 2 fully saturated rings. The van der Waals surface area contributed by atoms with Gasteiger partial charge < -0.3 is 26.6 Å². The van der Waals surface area contributed by atoms with Crippen LogP contribution >= 0.6 is 0 Å². The summed E-state index contributed by atoms with van der Waals surface area (Å²) in [4.78, 5) is 70.0. The van der Waals surface area contributed by atoms with Crippen molar-refractivity contribution in [1.29, 1.82) is 0 Å². The van der Waals surface area contributed by atoms with Crippen LogP contribution in [-0.2, 0) is 25.6 Å². The van der Waals surface area contributed by atoms with Crippen LogP contribution in [0.1, 0.15) is 22.3 Å². The number of anilines is 2. The predicted octanol–water partition coefficient (Wildman–Crippen LogP) is 0.182. The number of phenolic OH excluding ortho intramolecular Hbond substituents is 1. The number of nitrogen functional groups attached to an aromatic ring is 1. The molecule has 0 aliphatic heterocycles. The van der Waals surface area contributed by atoms with Crippen molar-refractivity contribution in [3.05, 3.63) is 41.5 Å². The van der Waals surface area contributed by atoms with Gasteiger partial charge in [-0.1, -0.05) is 12.1 Å². The number of phenols is 1. The lowest BCUT2D eigenvalue weighted by atomic mass is 9.52. The van der Waals surface area contributed by atoms with Gasteiger partial charge in [0, 0.05) is 25.7 Å². The van der Waals surface area contributed by atoms with E-state index in [9.17, 15) is 34.2 Å². The van der Waals surface area contributed by atoms with Gasteiger partial charge in [-0.2, -0.15) is 0 Å². The molecule has 6 atom stereocenters. The Hall–Kier alpha value is -4.09. The first-order valence-corrected chi connectivity index (χ1v) is 13.0. The SMILES string of the molecule is CN(C)c1ccc(-c2cc(N)c(O)c3c2C[C@H]2C[C@H]4[C@@H](N(C)C)C(=O)C(C(N)=O)C(=O)[C@@]4(O)C(=O)C2C3=O)cc1. The van der Waals surface area contributed by atoms with Crippen molar-refractivity contribution < 1.29 is 34.2 Å². The van der Waals surface area contributed by atoms with E-state index in [4.69, 9.17) is 11.5 Å². The van der Waals surface area contributed by atoms with E-state index in [2.05, 4.69) is 0 Å². The Morgan fingerprint density at radius 1 is 1.02 bits per heavy atom. The normalized spacial score (nSPS) is 29.6. The predicted molar refractivity (Wildman–Crippen MR) is 146 cm³/mol. The molecule has 6 N–H and O–H groups in total. The third-order valence-corrected chi connectivity index (χ3v) is 8.79. The Kier molecular flexibility index (Phi) is 6.35. The van der Waals surface area contributed by atoms with Crippen LogP contribution in [0.15, 0.2) is 30.3 Å². The first kappa shape index (κ1) is 27.5. The maximum absolute atomic E-state index is 14.0. The van der Waals surface area contributed by atoms with Crippen molar-refractivity contribution in [1.82, 2.24) is 4.90 Å². The van der Waals surface area contributed by atoms with Crippen LogP contribution in [-0.4, -0.2) is 84.0 Å². The number of primary amides is 1. The fraction of sp³-hybridized carbons (Fsp3) is 0.414. The van der Waals surface area contributed by atoms with Gasteiger partial charge in [-0.25, -0.2) is 0 Å². The zero-order valence-electron chi connectivity index (χ0n) is 22.7. The molecule has 0 saturated heterocycles. The summed E-state index contributed by atoms with van der Waals surface area (Å²) in [6.45, 7) is 0. The Morgan fingerprint density at radius 2 is 1.65 bits per heavy atom. The first-order chi connectivity index (χ1) is 18.7. The molecule has 3 aliphatic carbocycles. The molecular weight excluding hydrogens is 516 g/mol. The average molecular weight is 549 g/mol. The minimum absolute atomic E-state index is 0.0198. The molecule has 2 unspecified atom stereocenters. The molecule has 2 aromatic carbocycles. The minimum atomic E-state index is -2.77. The smallest absolute Gasteiger partial charge is 0.235 e. The van der Waals surface area contributed by atoms with Gasteiger partial charge in [-0.05, 0) is 67.7 Å². The molecule has 0 radical (unpaired) electrons. The van der Waals surface area contributed by atoms with Crippen molar-refractivity contribution >= 4 is 40.4 Å². The Bertz CT molecular complexity index is 1480. The number of aromatic hydroxyl groups is 1. The topological polar surface area (TPSA) is 184 Å². The van der Waals surface area contributed by atoms with Crippen molar-refractivity contribution in [3.8, 4) is 16.9 Å². The van der Waals surface area contributed by atoms with E-state index in [0.29, 0.717) is 11.1 Å². The molecule has 40 heavy (non-hydrogen) atoms. The molecule has 11 nitrogen and oxygen atoms in total. The molecule has 0 bridgehead atoms. The summed E-state index contributed by atoms with van der Waals surface area (Å²) < 4.78 is 0. The molecule has 5 rings (SSSR count). The van der Waals surface area contributed by atoms with Crippen LogP contribution in [0.4, 0.5) is 11.4 Å². The van der Waals surface area contributed by atoms with E-state index < -0.39 is 70.1 Å². The van der Waals surface area contributed by atoms with E-state index in [1.807, 2.05) is 43.3 Å². The van der Waals surface area contributed by atoms with E-state index in [1.54, 1.807) is 20.2 Å². The van der Waals surface area contributed by atoms with Gasteiger partial charge in [0.1, 0.15) is 5.75 Å². The Labute approximate surface area is 230 Å². The molecule has 210 valence electrons. The van der Waals surface area contributed by atoms with Gasteiger partial charge in [0.2, 0.25) is 5.91 Å². The lowest BCUT2D eigenvalue weighted by Crippen LogP contribution is -2.74. The maximum Gasteiger partial charge on any atom is 0.235 e. The number of likely N-dealkylation sites (N-methyl/N-ethyl adjacent to an activating group) is 1. The van der Waals surface area contributed by atoms with Gasteiger partial charge in [-0.3, -0.25) is 28.9 Å². The molecule has 0 heterocycles. The first-order valence-electron chi connectivity index (χ1n) is 13.0. The number of nitrogens with zero attached hydrogens (tertiary/aromatic N) is 2. The summed E-state index contributed by atoms with van der Waals surface area (Å²) in [6.07, 6.45) is 0.137. The standard InChI is InChI=1S/C29H32N4O7/c1-32(2)14-7-5-12(6-8-14)15-11-18(30)23(34)20-16(15)9-13-10-17-22(33(3)4)25(36)21(28(31)39)27(38)29(17,40)26(37)19(13)24(20)35/h5-8,11,13,17,19,21-22,34,40H,9-10,30H2,1-4H3,(H2,31,39)/t13-,17-,19?,21?,22+,29-/m0/s1. The number of ketones is 4. The van der Waals surface area contributed by atoms with E-state index in [1.165, 1.54) is 4.90 Å². The molecule has 3 aliphatic rings. The molecule has 11 heteroatoms. The number of benzene rings is 2. The molecule has 2 saturated carbocycles. The van der Waals surface area contributed by atoms with Crippen LogP contribution in [0.25, 0.3) is 11.1 Å². The van der Waals surface area contributed by atoms with E-state index >= 15 is 0 Å². The summed E-state index contributed by atoms with van der Waals surface area (Å²) in [5.74, 6) is -11.0. The van der Waals surface area contributed by atoms with Crippen molar-refractivity contribution in [2.24, 2.45) is 29.4 Å². The Morgan fingerprint density at radius 3 is 2.20 bits per heavy atom. The number of Topliss-reactive ketones (excluding diaryl/α,β-unsaturated/α-hetero) is 4. The second kappa shape index (κ2) is 9.24.